The van der Waals surface area contributed by atoms with Gasteiger partial charge in [0.15, 0.2) is 0 Å². The first-order valence-electron chi connectivity index (χ1n) is 4.56. The van der Waals surface area contributed by atoms with Crippen molar-refractivity contribution in [3.8, 4) is 5.75 Å². The number of aromatic hydroxyl groups is 1. The Hall–Kier alpha value is -0.640. The van der Waals surface area contributed by atoms with E-state index in [0.29, 0.717) is 18.9 Å². The first kappa shape index (κ1) is 12.4. The molecule has 1 N–H and O–H groups in total. The van der Waals surface area contributed by atoms with Crippen molar-refractivity contribution in [1.29, 1.82) is 0 Å². The summed E-state index contributed by atoms with van der Waals surface area (Å²) in [5.74, 6) is 0.290. The molecule has 0 bridgehead atoms. The molecule has 1 aliphatic heterocycles. The van der Waals surface area contributed by atoms with Gasteiger partial charge in [-0.25, -0.2) is 0 Å². The smallest absolute Gasteiger partial charge is 0.148 e. The molecule has 3 nitrogen and oxygen atoms in total. The van der Waals surface area contributed by atoms with Crippen molar-refractivity contribution in [1.82, 2.24) is 0 Å². The third-order valence-corrected chi connectivity index (χ3v) is 2.51. The summed E-state index contributed by atoms with van der Waals surface area (Å²) in [6, 6.07) is 7.25. The van der Waals surface area contributed by atoms with Crippen LogP contribution in [0.25, 0.3) is 0 Å². The molecule has 15 heavy (non-hydrogen) atoms. The molecule has 1 aromatic rings. The number of morpholine rings is 1. The predicted octanol–water partition coefficient (Wildman–Crippen LogP) is 2.22. The molecular weight excluding hydrogens is 237 g/mol. The maximum Gasteiger partial charge on any atom is 0.148 e. The van der Waals surface area contributed by atoms with E-state index in [-0.39, 0.29) is 18.0 Å². The number of hydrogen-bond donors (Lipinski definition) is 1. The largest absolute Gasteiger partial charge is 0.506 e. The van der Waals surface area contributed by atoms with E-state index in [1.165, 1.54) is 0 Å². The molecule has 1 atom stereocenters. The maximum atomic E-state index is 9.62. The Bertz CT molecular complexity index is 322. The van der Waals surface area contributed by atoms with Gasteiger partial charge in [-0.05, 0) is 12.1 Å². The Morgan fingerprint density at radius 1 is 1.40 bits per heavy atom. The average molecular weight is 250 g/mol. The molecule has 0 aliphatic carbocycles. The van der Waals surface area contributed by atoms with E-state index in [1.807, 2.05) is 17.0 Å². The van der Waals surface area contributed by atoms with Gasteiger partial charge >= 0.3 is 0 Å². The van der Waals surface area contributed by atoms with Gasteiger partial charge in [0.1, 0.15) is 11.3 Å². The molecule has 1 aromatic carbocycles. The minimum atomic E-state index is -0.289. The molecule has 0 aromatic heterocycles. The Balaban J connectivity index is 0.00000112. The van der Waals surface area contributed by atoms with Crippen molar-refractivity contribution in [3.63, 3.8) is 0 Å². The molecule has 0 amide bonds. The van der Waals surface area contributed by atoms with E-state index in [2.05, 4.69) is 0 Å². The van der Waals surface area contributed by atoms with Crippen LogP contribution in [0.5, 0.6) is 5.75 Å². The van der Waals surface area contributed by atoms with Crippen LogP contribution in [0.2, 0.25) is 0 Å². The summed E-state index contributed by atoms with van der Waals surface area (Å²) in [6.45, 7) is 1.97. The highest BCUT2D eigenvalue weighted by molar-refractivity contribution is 6.20. The molecule has 2 rings (SSSR count). The number of nitrogens with zero attached hydrogens (tertiary/aromatic N) is 1. The molecule has 0 spiro atoms. The van der Waals surface area contributed by atoms with Crippen LogP contribution in [0.3, 0.4) is 0 Å². The third-order valence-electron chi connectivity index (χ3n) is 2.25. The zero-order valence-electron chi connectivity index (χ0n) is 8.10. The molecular formula is C10H13Cl2NO2. The number of alkyl halides is 1. The lowest BCUT2D eigenvalue weighted by Gasteiger charge is -2.32. The topological polar surface area (TPSA) is 32.7 Å². The van der Waals surface area contributed by atoms with E-state index in [1.54, 1.807) is 12.1 Å². The summed E-state index contributed by atoms with van der Waals surface area (Å²) in [5, 5.41) is 9.62. The minimum absolute atomic E-state index is 0. The number of halogens is 2. The van der Waals surface area contributed by atoms with Crippen molar-refractivity contribution in [3.05, 3.63) is 24.3 Å². The number of ether oxygens (including phenoxy) is 1. The fourth-order valence-corrected chi connectivity index (χ4v) is 1.81. The van der Waals surface area contributed by atoms with Gasteiger partial charge in [-0.1, -0.05) is 23.7 Å². The van der Waals surface area contributed by atoms with Gasteiger partial charge in [-0.3, -0.25) is 0 Å². The number of rotatable bonds is 1. The Morgan fingerprint density at radius 3 is 2.80 bits per heavy atom. The second kappa shape index (κ2) is 5.45. The fourth-order valence-electron chi connectivity index (χ4n) is 1.56. The van der Waals surface area contributed by atoms with E-state index in [9.17, 15) is 5.11 Å². The molecule has 1 unspecified atom stereocenters. The van der Waals surface area contributed by atoms with Crippen molar-refractivity contribution >= 4 is 29.7 Å². The Kier molecular flexibility index (Phi) is 4.51. The highest BCUT2D eigenvalue weighted by Gasteiger charge is 2.19. The van der Waals surface area contributed by atoms with Crippen molar-refractivity contribution in [2.24, 2.45) is 0 Å². The lowest BCUT2D eigenvalue weighted by Crippen LogP contribution is -2.40. The SMILES string of the molecule is Cl.Oc1ccccc1N1CCOC(Cl)C1. The number of para-hydroxylation sites is 2. The summed E-state index contributed by atoms with van der Waals surface area (Å²) < 4.78 is 5.21. The molecule has 0 saturated carbocycles. The van der Waals surface area contributed by atoms with E-state index in [4.69, 9.17) is 16.3 Å². The second-order valence-electron chi connectivity index (χ2n) is 3.22. The van der Waals surface area contributed by atoms with Crippen molar-refractivity contribution < 1.29 is 9.84 Å². The highest BCUT2D eigenvalue weighted by Crippen LogP contribution is 2.28. The van der Waals surface area contributed by atoms with Gasteiger partial charge in [-0.15, -0.1) is 12.4 Å². The second-order valence-corrected chi connectivity index (χ2v) is 3.70. The molecule has 1 heterocycles. The van der Waals surface area contributed by atoms with Gasteiger partial charge in [-0.2, -0.15) is 0 Å². The van der Waals surface area contributed by atoms with Gasteiger partial charge in [0.25, 0.3) is 0 Å². The van der Waals surface area contributed by atoms with Crippen LogP contribution in [0.15, 0.2) is 24.3 Å². The molecule has 0 radical (unpaired) electrons. The fraction of sp³-hybridized carbons (Fsp3) is 0.400. The zero-order valence-corrected chi connectivity index (χ0v) is 9.67. The van der Waals surface area contributed by atoms with Gasteiger partial charge < -0.3 is 14.7 Å². The summed E-state index contributed by atoms with van der Waals surface area (Å²) >= 11 is 5.87. The van der Waals surface area contributed by atoms with Crippen molar-refractivity contribution in [2.75, 3.05) is 24.6 Å². The number of benzene rings is 1. The summed E-state index contributed by atoms with van der Waals surface area (Å²) in [7, 11) is 0. The van der Waals surface area contributed by atoms with Crippen LogP contribution in [0.1, 0.15) is 0 Å². The Morgan fingerprint density at radius 2 is 2.13 bits per heavy atom. The van der Waals surface area contributed by atoms with Crippen LogP contribution < -0.4 is 4.90 Å². The third kappa shape index (κ3) is 2.91. The molecule has 5 heteroatoms. The molecule has 1 saturated heterocycles. The number of hydrogen-bond acceptors (Lipinski definition) is 3. The van der Waals surface area contributed by atoms with Crippen LogP contribution >= 0.6 is 24.0 Å². The predicted molar refractivity (Wildman–Crippen MR) is 63.2 cm³/mol. The summed E-state index contributed by atoms with van der Waals surface area (Å²) in [6.07, 6.45) is 0. The highest BCUT2D eigenvalue weighted by atomic mass is 35.5. The lowest BCUT2D eigenvalue weighted by atomic mass is 10.2. The first-order valence-corrected chi connectivity index (χ1v) is 4.99. The normalized spacial score (nSPS) is 20.9. The van der Waals surface area contributed by atoms with E-state index in [0.717, 1.165) is 12.2 Å². The standard InChI is InChI=1S/C10H12ClNO2.ClH/c11-10-7-12(5-6-14-10)8-3-1-2-4-9(8)13;/h1-4,10,13H,5-7H2;1H. The summed E-state index contributed by atoms with van der Waals surface area (Å²) in [4.78, 5) is 2.02. The van der Waals surface area contributed by atoms with Crippen LogP contribution in [0, 0.1) is 0 Å². The lowest BCUT2D eigenvalue weighted by molar-refractivity contribution is 0.0932. The van der Waals surface area contributed by atoms with Crippen molar-refractivity contribution in [2.45, 2.75) is 5.56 Å². The number of phenolic OH excluding ortho intramolecular Hbond substituents is 1. The van der Waals surface area contributed by atoms with Crippen LogP contribution in [0.4, 0.5) is 5.69 Å². The number of anilines is 1. The van der Waals surface area contributed by atoms with E-state index >= 15 is 0 Å². The quantitative estimate of drug-likeness (QED) is 0.775. The van der Waals surface area contributed by atoms with Gasteiger partial charge in [0, 0.05) is 6.54 Å². The maximum absolute atomic E-state index is 9.62. The van der Waals surface area contributed by atoms with Gasteiger partial charge in [0.05, 0.1) is 18.8 Å². The molecule has 1 aliphatic rings. The molecule has 84 valence electrons. The average Bonchev–Trinajstić information content (AvgIpc) is 2.18. The minimum Gasteiger partial charge on any atom is -0.506 e. The monoisotopic (exact) mass is 249 g/mol. The van der Waals surface area contributed by atoms with Crippen LogP contribution in [-0.4, -0.2) is 30.4 Å². The zero-order chi connectivity index (χ0) is 9.97. The summed E-state index contributed by atoms with van der Waals surface area (Å²) in [5.41, 5.74) is 0.532. The van der Waals surface area contributed by atoms with Crippen LogP contribution in [-0.2, 0) is 4.74 Å². The molecule has 1 fully saturated rings. The Labute approximate surface area is 100 Å². The first-order chi connectivity index (χ1) is 6.77. The number of phenols is 1. The van der Waals surface area contributed by atoms with E-state index < -0.39 is 0 Å². The van der Waals surface area contributed by atoms with Gasteiger partial charge in [0.2, 0.25) is 0 Å².